The summed E-state index contributed by atoms with van der Waals surface area (Å²) >= 11 is 0. The van der Waals surface area contributed by atoms with Crippen LogP contribution in [0.25, 0.3) is 6.08 Å². The van der Waals surface area contributed by atoms with Gasteiger partial charge in [0, 0.05) is 18.3 Å². The molecule has 2 saturated heterocycles. The van der Waals surface area contributed by atoms with Gasteiger partial charge in [0.2, 0.25) is 17.7 Å². The van der Waals surface area contributed by atoms with Crippen molar-refractivity contribution in [1.29, 1.82) is 0 Å². The average molecular weight is 418 g/mol. The molecular weight excluding hydrogens is 400 g/mol. The Bertz CT molecular complexity index is 1210. The lowest BCUT2D eigenvalue weighted by molar-refractivity contribution is -0.384. The molecule has 0 aromatic heterocycles. The lowest BCUT2D eigenvalue weighted by atomic mass is 9.84. The van der Waals surface area contributed by atoms with Crippen molar-refractivity contribution in [1.82, 2.24) is 4.90 Å². The van der Waals surface area contributed by atoms with Crippen LogP contribution in [-0.2, 0) is 14.4 Å². The summed E-state index contributed by atoms with van der Waals surface area (Å²) in [4.78, 5) is 52.7. The van der Waals surface area contributed by atoms with Crippen LogP contribution in [0.15, 0.2) is 48.7 Å². The van der Waals surface area contributed by atoms with Gasteiger partial charge >= 0.3 is 0 Å². The van der Waals surface area contributed by atoms with Crippen molar-refractivity contribution in [3.05, 3.63) is 75.5 Å². The number of aryl methyl sites for hydroxylation is 1. The molecule has 3 aliphatic heterocycles. The summed E-state index contributed by atoms with van der Waals surface area (Å²) in [6.45, 7) is 1.60. The third-order valence-corrected chi connectivity index (χ3v) is 6.39. The number of nitro groups is 1. The third kappa shape index (κ3) is 2.52. The van der Waals surface area contributed by atoms with Gasteiger partial charge in [-0.3, -0.25) is 24.5 Å². The fourth-order valence-corrected chi connectivity index (χ4v) is 5.12. The molecule has 3 aliphatic rings. The Morgan fingerprint density at radius 3 is 2.48 bits per heavy atom. The second kappa shape index (κ2) is 6.49. The second-order valence-corrected chi connectivity index (χ2v) is 7.98. The first-order valence-corrected chi connectivity index (χ1v) is 9.78. The minimum absolute atomic E-state index is 0.131. The number of carbonyl (C=O) groups excluding carboxylic acids is 3. The number of hydrogen-bond donors (Lipinski definition) is 1. The van der Waals surface area contributed by atoms with E-state index >= 15 is 0 Å². The van der Waals surface area contributed by atoms with E-state index in [1.165, 1.54) is 18.2 Å². The predicted molar refractivity (Wildman–Crippen MR) is 110 cm³/mol. The van der Waals surface area contributed by atoms with Crippen molar-refractivity contribution in [3.63, 3.8) is 0 Å². The summed E-state index contributed by atoms with van der Waals surface area (Å²) in [7, 11) is 0. The number of non-ortho nitro benzene ring substituents is 1. The van der Waals surface area contributed by atoms with Crippen molar-refractivity contribution < 1.29 is 19.3 Å². The van der Waals surface area contributed by atoms with E-state index in [2.05, 4.69) is 0 Å². The molecule has 0 bridgehead atoms. The van der Waals surface area contributed by atoms with Crippen LogP contribution < -0.4 is 10.6 Å². The van der Waals surface area contributed by atoms with Crippen LogP contribution in [0, 0.1) is 28.9 Å². The number of fused-ring (bicyclic) bond motifs is 5. The quantitative estimate of drug-likeness (QED) is 0.461. The van der Waals surface area contributed by atoms with E-state index in [4.69, 9.17) is 5.73 Å². The van der Waals surface area contributed by atoms with Crippen molar-refractivity contribution in [2.75, 3.05) is 4.90 Å². The molecule has 5 rings (SSSR count). The number of nitro benzene ring substituents is 1. The molecule has 2 fully saturated rings. The summed E-state index contributed by atoms with van der Waals surface area (Å²) in [5.41, 5.74) is 8.03. The molecule has 0 aliphatic carbocycles. The fraction of sp³-hybridized carbons (Fsp3) is 0.227. The van der Waals surface area contributed by atoms with Crippen LogP contribution in [0.4, 0.5) is 11.4 Å². The summed E-state index contributed by atoms with van der Waals surface area (Å²) in [6, 6.07) is 10.0. The number of hydrogen-bond acceptors (Lipinski definition) is 6. The predicted octanol–water partition coefficient (Wildman–Crippen LogP) is 1.90. The third-order valence-electron chi connectivity index (χ3n) is 6.39. The van der Waals surface area contributed by atoms with Crippen molar-refractivity contribution in [3.8, 4) is 0 Å². The molecular formula is C22H18N4O5. The minimum atomic E-state index is -0.959. The van der Waals surface area contributed by atoms with Gasteiger partial charge in [0.15, 0.2) is 0 Å². The van der Waals surface area contributed by atoms with Gasteiger partial charge < -0.3 is 10.6 Å². The molecule has 0 saturated carbocycles. The molecule has 2 aromatic carbocycles. The van der Waals surface area contributed by atoms with Gasteiger partial charge in [0.1, 0.15) is 6.04 Å². The number of primary amides is 1. The molecule has 2 N–H and O–H groups in total. The highest BCUT2D eigenvalue weighted by Gasteiger charge is 2.64. The van der Waals surface area contributed by atoms with Crippen LogP contribution in [0.2, 0.25) is 0 Å². The number of rotatable bonds is 3. The minimum Gasteiger partial charge on any atom is -0.368 e. The van der Waals surface area contributed by atoms with Gasteiger partial charge in [-0.1, -0.05) is 24.3 Å². The standard InChI is InChI=1S/C22H18N4O5/c1-11-10-13(26(30)31)6-7-15(11)25-21(28)16-17(22(25)29)19(20(23)27)24-9-8-12-4-2-3-5-14(12)18(16)24/h2-10,16-19H,1H3,(H2,23,27)/t16-,17+,18+,19+/m0/s1. The van der Waals surface area contributed by atoms with Gasteiger partial charge in [0.05, 0.1) is 28.5 Å². The highest BCUT2D eigenvalue weighted by atomic mass is 16.6. The number of carbonyl (C=O) groups is 3. The molecule has 9 heteroatoms. The van der Waals surface area contributed by atoms with E-state index in [1.54, 1.807) is 18.0 Å². The lowest BCUT2D eigenvalue weighted by Gasteiger charge is -2.34. The van der Waals surface area contributed by atoms with E-state index in [0.717, 1.165) is 16.0 Å². The summed E-state index contributed by atoms with van der Waals surface area (Å²) < 4.78 is 0. The zero-order chi connectivity index (χ0) is 22.0. The maximum absolute atomic E-state index is 13.6. The molecule has 31 heavy (non-hydrogen) atoms. The number of nitrogens with two attached hydrogens (primary N) is 1. The number of nitrogens with zero attached hydrogens (tertiary/aromatic N) is 3. The Hall–Kier alpha value is -4.01. The van der Waals surface area contributed by atoms with E-state index in [-0.39, 0.29) is 11.4 Å². The van der Waals surface area contributed by atoms with Crippen LogP contribution in [0.3, 0.4) is 0 Å². The van der Waals surface area contributed by atoms with Crippen LogP contribution >= 0.6 is 0 Å². The van der Waals surface area contributed by atoms with E-state index in [1.807, 2.05) is 30.3 Å². The number of anilines is 1. The van der Waals surface area contributed by atoms with Gasteiger partial charge in [-0.15, -0.1) is 0 Å². The maximum atomic E-state index is 13.6. The fourth-order valence-electron chi connectivity index (χ4n) is 5.12. The zero-order valence-corrected chi connectivity index (χ0v) is 16.5. The first-order valence-electron chi connectivity index (χ1n) is 9.78. The molecule has 0 unspecified atom stereocenters. The summed E-state index contributed by atoms with van der Waals surface area (Å²) in [5.74, 6) is -3.34. The zero-order valence-electron chi connectivity index (χ0n) is 16.5. The maximum Gasteiger partial charge on any atom is 0.269 e. The van der Waals surface area contributed by atoms with Crippen molar-refractivity contribution in [2.24, 2.45) is 17.6 Å². The van der Waals surface area contributed by atoms with E-state index < -0.39 is 46.6 Å². The number of imide groups is 1. The monoisotopic (exact) mass is 418 g/mol. The van der Waals surface area contributed by atoms with Gasteiger partial charge in [-0.2, -0.15) is 0 Å². The number of amides is 3. The highest BCUT2D eigenvalue weighted by Crippen LogP contribution is 2.53. The SMILES string of the molecule is Cc1cc([N+](=O)[O-])ccc1N1C(=O)[C@@H]2[C@H](C1=O)[C@H]1c3ccccc3C=CN1[C@H]2C(N)=O. The highest BCUT2D eigenvalue weighted by molar-refractivity contribution is 6.24. The Labute approximate surface area is 176 Å². The van der Waals surface area contributed by atoms with Gasteiger partial charge in [-0.25, -0.2) is 4.90 Å². The number of benzene rings is 2. The summed E-state index contributed by atoms with van der Waals surface area (Å²) in [5, 5.41) is 11.1. The Morgan fingerprint density at radius 2 is 1.81 bits per heavy atom. The van der Waals surface area contributed by atoms with E-state index in [0.29, 0.717) is 5.56 Å². The molecule has 0 spiro atoms. The molecule has 156 valence electrons. The summed E-state index contributed by atoms with van der Waals surface area (Å²) in [6.07, 6.45) is 3.57. The lowest BCUT2D eigenvalue weighted by Crippen LogP contribution is -2.47. The van der Waals surface area contributed by atoms with Crippen molar-refractivity contribution in [2.45, 2.75) is 19.0 Å². The topological polar surface area (TPSA) is 127 Å². The molecule has 9 nitrogen and oxygen atoms in total. The Kier molecular flexibility index (Phi) is 3.98. The molecule has 3 heterocycles. The molecule has 0 radical (unpaired) electrons. The van der Waals surface area contributed by atoms with Crippen LogP contribution in [0.5, 0.6) is 0 Å². The smallest absolute Gasteiger partial charge is 0.269 e. The second-order valence-electron chi connectivity index (χ2n) is 7.98. The molecule has 2 aromatic rings. The first-order chi connectivity index (χ1) is 14.8. The Balaban J connectivity index is 1.63. The molecule has 4 atom stereocenters. The van der Waals surface area contributed by atoms with Crippen LogP contribution in [0.1, 0.15) is 22.7 Å². The first kappa shape index (κ1) is 19.0. The van der Waals surface area contributed by atoms with Crippen LogP contribution in [-0.4, -0.2) is 33.6 Å². The normalized spacial score (nSPS) is 26.0. The van der Waals surface area contributed by atoms with E-state index in [9.17, 15) is 24.5 Å². The van der Waals surface area contributed by atoms with Gasteiger partial charge in [0.25, 0.3) is 5.69 Å². The largest absolute Gasteiger partial charge is 0.368 e. The van der Waals surface area contributed by atoms with Gasteiger partial charge in [-0.05, 0) is 35.8 Å². The molecule has 3 amide bonds. The van der Waals surface area contributed by atoms with Crippen molar-refractivity contribution >= 4 is 35.2 Å². The average Bonchev–Trinajstić information content (AvgIpc) is 3.21. The Morgan fingerprint density at radius 1 is 1.10 bits per heavy atom.